The molecule has 1 unspecified atom stereocenters. The number of thioether (sulfide) groups is 1. The molecule has 3 N–H and O–H groups in total. The lowest BCUT2D eigenvalue weighted by molar-refractivity contribution is -0.142. The van der Waals surface area contributed by atoms with Gasteiger partial charge in [-0.25, -0.2) is 14.6 Å². The Morgan fingerprint density at radius 2 is 2.19 bits per heavy atom. The quantitative estimate of drug-likeness (QED) is 0.751. The first-order valence-electron chi connectivity index (χ1n) is 7.04. The molecule has 0 aromatic carbocycles. The van der Waals surface area contributed by atoms with Crippen molar-refractivity contribution in [1.82, 2.24) is 20.2 Å². The molecule has 21 heavy (non-hydrogen) atoms. The first-order valence-corrected chi connectivity index (χ1v) is 8.19. The number of aromatic amines is 1. The number of amides is 2. The number of aromatic nitrogens is 2. The average molecular weight is 310 g/mol. The van der Waals surface area contributed by atoms with Gasteiger partial charge in [0, 0.05) is 12.5 Å². The lowest BCUT2D eigenvalue weighted by atomic mass is 10.0. The molecule has 114 valence electrons. The van der Waals surface area contributed by atoms with Gasteiger partial charge in [-0.3, -0.25) is 0 Å². The molecule has 0 saturated carbocycles. The van der Waals surface area contributed by atoms with Crippen LogP contribution in [0.25, 0.3) is 0 Å². The van der Waals surface area contributed by atoms with Gasteiger partial charge in [-0.15, -0.1) is 0 Å². The summed E-state index contributed by atoms with van der Waals surface area (Å²) in [6.45, 7) is 0.263. The number of nitrogens with one attached hydrogen (secondary N) is 2. The second-order valence-electron chi connectivity index (χ2n) is 5.35. The topological polar surface area (TPSA) is 98.3 Å². The van der Waals surface area contributed by atoms with E-state index in [4.69, 9.17) is 0 Å². The maximum Gasteiger partial charge on any atom is 0.326 e. The summed E-state index contributed by atoms with van der Waals surface area (Å²) in [4.78, 5) is 32.3. The summed E-state index contributed by atoms with van der Waals surface area (Å²) in [6.07, 6.45) is 3.68. The van der Waals surface area contributed by atoms with Crippen LogP contribution in [-0.4, -0.2) is 55.6 Å². The van der Waals surface area contributed by atoms with E-state index in [0.29, 0.717) is 0 Å². The molecule has 0 aliphatic carbocycles. The molecule has 1 aromatic rings. The van der Waals surface area contributed by atoms with E-state index < -0.39 is 12.0 Å². The number of aliphatic carboxylic acids is 1. The van der Waals surface area contributed by atoms with Gasteiger partial charge < -0.3 is 20.3 Å². The second-order valence-corrected chi connectivity index (χ2v) is 6.57. The van der Waals surface area contributed by atoms with Gasteiger partial charge in [0.15, 0.2) is 0 Å². The van der Waals surface area contributed by atoms with Crippen LogP contribution in [0, 0.1) is 0 Å². The number of carboxylic acids is 1. The van der Waals surface area contributed by atoms with Gasteiger partial charge in [-0.1, -0.05) is 0 Å². The van der Waals surface area contributed by atoms with Gasteiger partial charge in [0.25, 0.3) is 0 Å². The van der Waals surface area contributed by atoms with Crippen LogP contribution >= 0.6 is 11.8 Å². The monoisotopic (exact) mass is 310 g/mol. The number of nitrogens with zero attached hydrogens (tertiary/aromatic N) is 2. The fourth-order valence-corrected chi connectivity index (χ4v) is 3.88. The van der Waals surface area contributed by atoms with Crippen molar-refractivity contribution in [3.8, 4) is 0 Å². The van der Waals surface area contributed by atoms with E-state index >= 15 is 0 Å². The van der Waals surface area contributed by atoms with Gasteiger partial charge >= 0.3 is 12.0 Å². The van der Waals surface area contributed by atoms with Crippen LogP contribution in [0.4, 0.5) is 4.79 Å². The van der Waals surface area contributed by atoms with Crippen LogP contribution in [0.15, 0.2) is 6.33 Å². The summed E-state index contributed by atoms with van der Waals surface area (Å²) in [5.74, 6) is 1.09. The number of H-pyrrole nitrogens is 1. The van der Waals surface area contributed by atoms with E-state index in [0.717, 1.165) is 35.7 Å². The van der Waals surface area contributed by atoms with Crippen molar-refractivity contribution in [2.75, 3.05) is 11.5 Å². The first-order chi connectivity index (χ1) is 10.1. The average Bonchev–Trinajstić information content (AvgIpc) is 2.94. The van der Waals surface area contributed by atoms with Gasteiger partial charge in [0.1, 0.15) is 6.04 Å². The van der Waals surface area contributed by atoms with Crippen LogP contribution < -0.4 is 5.32 Å². The van der Waals surface area contributed by atoms with Crippen LogP contribution in [0.5, 0.6) is 0 Å². The SMILES string of the molecule is O=C(O)C1Cc2nc[nH]c2CN1C(=O)NC1CCSCC1. The number of hydrogen-bond acceptors (Lipinski definition) is 4. The zero-order valence-corrected chi connectivity index (χ0v) is 12.4. The van der Waals surface area contributed by atoms with Crippen molar-refractivity contribution in [2.24, 2.45) is 0 Å². The molecular formula is C13H18N4O3S. The summed E-state index contributed by atoms with van der Waals surface area (Å²) < 4.78 is 0. The highest BCUT2D eigenvalue weighted by molar-refractivity contribution is 7.99. The summed E-state index contributed by atoms with van der Waals surface area (Å²) in [6, 6.07) is -0.991. The number of carbonyl (C=O) groups excluding carboxylic acids is 1. The summed E-state index contributed by atoms with van der Waals surface area (Å²) in [7, 11) is 0. The largest absolute Gasteiger partial charge is 0.480 e. The van der Waals surface area contributed by atoms with Crippen molar-refractivity contribution in [2.45, 2.75) is 37.9 Å². The van der Waals surface area contributed by atoms with Crippen molar-refractivity contribution in [3.63, 3.8) is 0 Å². The fraction of sp³-hybridized carbons (Fsp3) is 0.615. The number of urea groups is 1. The Bertz CT molecular complexity index is 541. The molecule has 2 aliphatic rings. The standard InChI is InChI=1S/C13H18N4O3S/c18-12(19)11-5-9-10(15-7-14-9)6-17(11)13(20)16-8-1-3-21-4-2-8/h7-8,11H,1-6H2,(H,14,15)(H,16,20)(H,18,19). The summed E-state index contributed by atoms with van der Waals surface area (Å²) in [5.41, 5.74) is 1.56. The minimum Gasteiger partial charge on any atom is -0.480 e. The van der Waals surface area contributed by atoms with Crippen molar-refractivity contribution >= 4 is 23.8 Å². The van der Waals surface area contributed by atoms with Gasteiger partial charge in [0.05, 0.1) is 24.3 Å². The Morgan fingerprint density at radius 1 is 1.43 bits per heavy atom. The Balaban J connectivity index is 1.72. The Hall–Kier alpha value is -1.70. The molecule has 1 aromatic heterocycles. The van der Waals surface area contributed by atoms with E-state index in [2.05, 4.69) is 15.3 Å². The normalized spacial score (nSPS) is 22.7. The molecule has 1 atom stereocenters. The highest BCUT2D eigenvalue weighted by Crippen LogP contribution is 2.22. The van der Waals surface area contributed by atoms with E-state index in [1.807, 2.05) is 11.8 Å². The zero-order valence-electron chi connectivity index (χ0n) is 11.5. The van der Waals surface area contributed by atoms with Crippen molar-refractivity contribution in [3.05, 3.63) is 17.7 Å². The Labute approximate surface area is 126 Å². The van der Waals surface area contributed by atoms with Crippen LogP contribution in [0.3, 0.4) is 0 Å². The number of rotatable bonds is 2. The summed E-state index contributed by atoms with van der Waals surface area (Å²) in [5, 5.41) is 12.3. The molecule has 7 nitrogen and oxygen atoms in total. The Morgan fingerprint density at radius 3 is 2.90 bits per heavy atom. The number of hydrogen-bond donors (Lipinski definition) is 3. The molecule has 3 rings (SSSR count). The molecule has 1 fully saturated rings. The second kappa shape index (κ2) is 5.97. The van der Waals surface area contributed by atoms with Crippen LogP contribution in [-0.2, 0) is 17.8 Å². The van der Waals surface area contributed by atoms with Gasteiger partial charge in [-0.2, -0.15) is 11.8 Å². The minimum atomic E-state index is -0.988. The molecular weight excluding hydrogens is 292 g/mol. The molecule has 0 spiro atoms. The number of carboxylic acid groups (broad SMARTS) is 1. The third-order valence-corrected chi connectivity index (χ3v) is 5.04. The molecule has 1 saturated heterocycles. The highest BCUT2D eigenvalue weighted by atomic mass is 32.2. The molecule has 2 amide bonds. The predicted molar refractivity (Wildman–Crippen MR) is 78.1 cm³/mol. The maximum atomic E-state index is 12.4. The molecule has 3 heterocycles. The Kier molecular flexibility index (Phi) is 4.05. The number of fused-ring (bicyclic) bond motifs is 1. The third-order valence-electron chi connectivity index (χ3n) is 3.99. The van der Waals surface area contributed by atoms with E-state index in [9.17, 15) is 14.7 Å². The number of carbonyl (C=O) groups is 2. The van der Waals surface area contributed by atoms with E-state index in [1.54, 1.807) is 6.33 Å². The summed E-state index contributed by atoms with van der Waals surface area (Å²) >= 11 is 1.89. The highest BCUT2D eigenvalue weighted by Gasteiger charge is 2.36. The van der Waals surface area contributed by atoms with Crippen molar-refractivity contribution < 1.29 is 14.7 Å². The third kappa shape index (κ3) is 2.99. The molecule has 8 heteroatoms. The predicted octanol–water partition coefficient (Wildman–Crippen LogP) is 0.826. The van der Waals surface area contributed by atoms with E-state index in [-0.39, 0.29) is 25.0 Å². The van der Waals surface area contributed by atoms with Crippen LogP contribution in [0.1, 0.15) is 24.2 Å². The van der Waals surface area contributed by atoms with Gasteiger partial charge in [0.2, 0.25) is 0 Å². The fourth-order valence-electron chi connectivity index (χ4n) is 2.77. The maximum absolute atomic E-state index is 12.4. The van der Waals surface area contributed by atoms with Crippen molar-refractivity contribution in [1.29, 1.82) is 0 Å². The minimum absolute atomic E-state index is 0.149. The molecule has 0 bridgehead atoms. The smallest absolute Gasteiger partial charge is 0.326 e. The first kappa shape index (κ1) is 14.2. The lowest BCUT2D eigenvalue weighted by Gasteiger charge is -2.34. The number of imidazole rings is 1. The molecule has 0 radical (unpaired) electrons. The van der Waals surface area contributed by atoms with Crippen LogP contribution in [0.2, 0.25) is 0 Å². The lowest BCUT2D eigenvalue weighted by Crippen LogP contribution is -2.54. The van der Waals surface area contributed by atoms with E-state index in [1.165, 1.54) is 4.90 Å². The zero-order chi connectivity index (χ0) is 14.8. The van der Waals surface area contributed by atoms with Gasteiger partial charge in [-0.05, 0) is 24.3 Å². The molecule has 2 aliphatic heterocycles.